The lowest BCUT2D eigenvalue weighted by atomic mass is 9.92. The van der Waals surface area contributed by atoms with Gasteiger partial charge in [-0.15, -0.1) is 0 Å². The molecule has 1 aromatic carbocycles. The zero-order valence-electron chi connectivity index (χ0n) is 18.4. The van der Waals surface area contributed by atoms with Crippen molar-refractivity contribution in [3.63, 3.8) is 0 Å². The van der Waals surface area contributed by atoms with Gasteiger partial charge in [-0.3, -0.25) is 14.4 Å². The molecule has 1 saturated carbocycles. The van der Waals surface area contributed by atoms with Gasteiger partial charge in [-0.05, 0) is 55.7 Å². The number of H-pyrrole nitrogens is 1. The van der Waals surface area contributed by atoms with E-state index < -0.39 is 12.1 Å². The number of aromatic amines is 1. The van der Waals surface area contributed by atoms with Gasteiger partial charge in [0.25, 0.3) is 5.91 Å². The highest BCUT2D eigenvalue weighted by molar-refractivity contribution is 6.40. The number of halogens is 2. The molecule has 3 N–H and O–H groups in total. The summed E-state index contributed by atoms with van der Waals surface area (Å²) in [6, 6.07) is 5.69. The first-order valence-electron chi connectivity index (χ1n) is 11.6. The number of aromatic nitrogens is 1. The molecule has 0 unspecified atom stereocenters. The first-order chi connectivity index (χ1) is 16.4. The van der Waals surface area contributed by atoms with E-state index in [4.69, 9.17) is 23.2 Å². The molecule has 5 rings (SSSR count). The number of amides is 3. The number of carbonyl (C=O) groups is 3. The van der Waals surface area contributed by atoms with Gasteiger partial charge in [-0.2, -0.15) is 5.26 Å². The summed E-state index contributed by atoms with van der Waals surface area (Å²) >= 11 is 12.6. The second kappa shape index (κ2) is 9.12. The predicted octanol–water partition coefficient (Wildman–Crippen LogP) is 3.25. The lowest BCUT2D eigenvalue weighted by Crippen LogP contribution is -2.51. The number of fused-ring (bicyclic) bond motifs is 2. The molecule has 0 radical (unpaired) electrons. The van der Waals surface area contributed by atoms with Crippen LogP contribution in [0.4, 0.5) is 0 Å². The van der Waals surface area contributed by atoms with Crippen molar-refractivity contribution in [1.82, 2.24) is 20.5 Å². The summed E-state index contributed by atoms with van der Waals surface area (Å²) in [6.45, 7) is 1.07. The number of nitrogens with zero attached hydrogens (tertiary/aromatic N) is 2. The van der Waals surface area contributed by atoms with Crippen LogP contribution in [0, 0.1) is 29.1 Å². The monoisotopic (exact) mass is 501 g/mol. The molecule has 3 fully saturated rings. The van der Waals surface area contributed by atoms with Crippen molar-refractivity contribution in [2.75, 3.05) is 13.1 Å². The van der Waals surface area contributed by atoms with Gasteiger partial charge in [0.1, 0.15) is 17.8 Å². The Bertz CT molecular complexity index is 1170. The van der Waals surface area contributed by atoms with Gasteiger partial charge in [0, 0.05) is 24.4 Å². The van der Waals surface area contributed by atoms with Crippen LogP contribution in [0.15, 0.2) is 18.2 Å². The maximum Gasteiger partial charge on any atom is 0.271 e. The molecule has 2 saturated heterocycles. The molecular weight excluding hydrogens is 477 g/mol. The van der Waals surface area contributed by atoms with Crippen LogP contribution in [-0.2, 0) is 9.59 Å². The number of hydrogen-bond acceptors (Lipinski definition) is 4. The number of nitrogens with one attached hydrogen (secondary N) is 3. The highest BCUT2D eigenvalue weighted by Crippen LogP contribution is 2.43. The number of carbonyl (C=O) groups excluding carboxylic acids is 3. The van der Waals surface area contributed by atoms with E-state index in [0.29, 0.717) is 46.2 Å². The second-order valence-corrected chi connectivity index (χ2v) is 10.3. The maximum absolute atomic E-state index is 13.6. The summed E-state index contributed by atoms with van der Waals surface area (Å²) in [4.78, 5) is 43.6. The lowest BCUT2D eigenvalue weighted by Gasteiger charge is -2.28. The van der Waals surface area contributed by atoms with E-state index in [9.17, 15) is 19.6 Å². The van der Waals surface area contributed by atoms with Crippen LogP contribution in [0.5, 0.6) is 0 Å². The third-order valence-corrected chi connectivity index (χ3v) is 8.14. The van der Waals surface area contributed by atoms with Crippen LogP contribution in [0.2, 0.25) is 10.0 Å². The Morgan fingerprint density at radius 3 is 2.74 bits per heavy atom. The van der Waals surface area contributed by atoms with E-state index in [1.165, 1.54) is 0 Å². The van der Waals surface area contributed by atoms with Crippen molar-refractivity contribution in [3.8, 4) is 6.07 Å². The van der Waals surface area contributed by atoms with Gasteiger partial charge in [0.2, 0.25) is 11.8 Å². The fraction of sp³-hybridized carbons (Fsp3) is 0.500. The van der Waals surface area contributed by atoms with Gasteiger partial charge in [0.15, 0.2) is 0 Å². The smallest absolute Gasteiger partial charge is 0.271 e. The van der Waals surface area contributed by atoms with Crippen LogP contribution in [0.25, 0.3) is 10.9 Å². The molecule has 0 bridgehead atoms. The van der Waals surface area contributed by atoms with Crippen LogP contribution in [0.1, 0.15) is 42.6 Å². The van der Waals surface area contributed by atoms with Crippen molar-refractivity contribution in [3.05, 3.63) is 33.9 Å². The lowest BCUT2D eigenvalue weighted by molar-refractivity contribution is -0.127. The summed E-state index contributed by atoms with van der Waals surface area (Å²) in [7, 11) is 0. The largest absolute Gasteiger partial charge is 0.356 e. The van der Waals surface area contributed by atoms with Crippen molar-refractivity contribution in [2.24, 2.45) is 17.8 Å². The molecule has 8 nitrogen and oxygen atoms in total. The number of nitriles is 1. The number of likely N-dealkylation sites (tertiary alicyclic amines) is 1. The molecule has 178 valence electrons. The van der Waals surface area contributed by atoms with E-state index >= 15 is 0 Å². The fourth-order valence-electron chi connectivity index (χ4n) is 5.83. The van der Waals surface area contributed by atoms with Crippen molar-refractivity contribution >= 4 is 51.8 Å². The zero-order chi connectivity index (χ0) is 24.0. The Labute approximate surface area is 206 Å². The molecular formula is C24H25Cl2N5O3. The van der Waals surface area contributed by atoms with Crippen LogP contribution < -0.4 is 10.6 Å². The Kier molecular flexibility index (Phi) is 6.17. The number of benzene rings is 1. The molecule has 10 heteroatoms. The standard InChI is InChI=1S/C24H25Cl2N5O3/c25-17-4-5-18(26)20-16(17)9-19(30-20)24(34)31-11-13-2-1-3-15(13)21(31)23(33)29-14(10-27)8-12-6-7-28-22(12)32/h4-5,9,12-15,21,30H,1-3,6-8,11H2,(H,28,32)(H,29,33)/t12-,13-,14-,15-,21-/m0/s1. The molecule has 1 aromatic heterocycles. The van der Waals surface area contributed by atoms with E-state index in [-0.39, 0.29) is 41.9 Å². The van der Waals surface area contributed by atoms with Crippen molar-refractivity contribution < 1.29 is 14.4 Å². The van der Waals surface area contributed by atoms with Crippen molar-refractivity contribution in [1.29, 1.82) is 5.26 Å². The van der Waals surface area contributed by atoms with Gasteiger partial charge in [-0.25, -0.2) is 0 Å². The van der Waals surface area contributed by atoms with Crippen LogP contribution in [-0.4, -0.2) is 52.8 Å². The van der Waals surface area contributed by atoms with Gasteiger partial charge >= 0.3 is 0 Å². The summed E-state index contributed by atoms with van der Waals surface area (Å²) < 4.78 is 0. The first-order valence-corrected chi connectivity index (χ1v) is 12.4. The number of rotatable bonds is 5. The van der Waals surface area contributed by atoms with E-state index in [2.05, 4.69) is 21.7 Å². The first kappa shape index (κ1) is 23.0. The minimum atomic E-state index is -0.788. The molecule has 3 heterocycles. The average Bonchev–Trinajstić information content (AvgIpc) is 3.59. The summed E-state index contributed by atoms with van der Waals surface area (Å²) in [5.41, 5.74) is 0.902. The quantitative estimate of drug-likeness (QED) is 0.582. The Balaban J connectivity index is 1.38. The highest BCUT2D eigenvalue weighted by atomic mass is 35.5. The van der Waals surface area contributed by atoms with Gasteiger partial charge in [-0.1, -0.05) is 29.6 Å². The molecule has 34 heavy (non-hydrogen) atoms. The minimum Gasteiger partial charge on any atom is -0.356 e. The molecule has 3 aliphatic rings. The fourth-order valence-corrected chi connectivity index (χ4v) is 6.25. The minimum absolute atomic E-state index is 0.0506. The van der Waals surface area contributed by atoms with E-state index in [1.807, 2.05) is 0 Å². The second-order valence-electron chi connectivity index (χ2n) is 9.46. The molecule has 5 atom stereocenters. The normalized spacial score (nSPS) is 26.9. The molecule has 3 amide bonds. The van der Waals surface area contributed by atoms with Crippen molar-refractivity contribution in [2.45, 2.75) is 44.2 Å². The zero-order valence-corrected chi connectivity index (χ0v) is 20.0. The average molecular weight is 502 g/mol. The Hall–Kier alpha value is -2.76. The SMILES string of the molecule is N#C[C@H](C[C@@H]1CCNC1=O)NC(=O)[C@@H]1[C@H]2CCC[C@H]2CN1C(=O)c1cc2c(Cl)ccc(Cl)c2[nH]1. The molecule has 0 spiro atoms. The molecule has 2 aromatic rings. The summed E-state index contributed by atoms with van der Waals surface area (Å²) in [5.74, 6) is -0.695. The molecule has 1 aliphatic carbocycles. The van der Waals surface area contributed by atoms with E-state index in [0.717, 1.165) is 19.3 Å². The third-order valence-electron chi connectivity index (χ3n) is 7.50. The van der Waals surface area contributed by atoms with Crippen LogP contribution in [0.3, 0.4) is 0 Å². The summed E-state index contributed by atoms with van der Waals surface area (Å²) in [5, 5.41) is 16.8. The van der Waals surface area contributed by atoms with Gasteiger partial charge < -0.3 is 20.5 Å². The third kappa shape index (κ3) is 4.01. The van der Waals surface area contributed by atoms with E-state index in [1.54, 1.807) is 23.1 Å². The number of hydrogen-bond donors (Lipinski definition) is 3. The highest BCUT2D eigenvalue weighted by Gasteiger charge is 2.50. The predicted molar refractivity (Wildman–Crippen MR) is 127 cm³/mol. The molecule has 2 aliphatic heterocycles. The topological polar surface area (TPSA) is 118 Å². The van der Waals surface area contributed by atoms with Crippen LogP contribution >= 0.6 is 23.2 Å². The van der Waals surface area contributed by atoms with Gasteiger partial charge in [0.05, 0.1) is 21.6 Å². The maximum atomic E-state index is 13.6. The Morgan fingerprint density at radius 2 is 2.03 bits per heavy atom. The Morgan fingerprint density at radius 1 is 1.24 bits per heavy atom. The summed E-state index contributed by atoms with van der Waals surface area (Å²) in [6.07, 6.45) is 3.76.